The van der Waals surface area contributed by atoms with Crippen molar-refractivity contribution in [2.75, 3.05) is 0 Å². The van der Waals surface area contributed by atoms with Gasteiger partial charge in [0, 0.05) is 17.6 Å². The number of hydrogen-bond acceptors (Lipinski definition) is 6. The quantitative estimate of drug-likeness (QED) is 0.602. The van der Waals surface area contributed by atoms with E-state index >= 15 is 0 Å². The van der Waals surface area contributed by atoms with E-state index in [0.717, 1.165) is 0 Å². The highest BCUT2D eigenvalue weighted by Gasteiger charge is 2.67. The van der Waals surface area contributed by atoms with E-state index in [1.54, 1.807) is 13.8 Å². The summed E-state index contributed by atoms with van der Waals surface area (Å²) >= 11 is 0. The minimum Gasteiger partial charge on any atom is -0.458 e. The van der Waals surface area contributed by atoms with E-state index in [4.69, 9.17) is 9.47 Å². The number of Topliss-reactive ketones (excluding diaryl/α,β-unsaturated/α-hetero) is 1. The second-order valence-electron chi connectivity index (χ2n) is 7.75. The molecule has 25 heavy (non-hydrogen) atoms. The molecule has 6 nitrogen and oxygen atoms in total. The summed E-state index contributed by atoms with van der Waals surface area (Å²) in [5, 5.41) is 11.5. The van der Waals surface area contributed by atoms with Crippen molar-refractivity contribution < 1.29 is 29.0 Å². The van der Waals surface area contributed by atoms with Crippen LogP contribution < -0.4 is 0 Å². The van der Waals surface area contributed by atoms with Gasteiger partial charge in [-0.05, 0) is 25.2 Å². The Hall–Kier alpha value is -1.95. The average molecular weight is 348 g/mol. The third-order valence-electron chi connectivity index (χ3n) is 6.00. The van der Waals surface area contributed by atoms with Crippen molar-refractivity contribution in [1.29, 1.82) is 0 Å². The molecule has 136 valence electrons. The first kappa shape index (κ1) is 17.9. The van der Waals surface area contributed by atoms with Crippen LogP contribution in [0.15, 0.2) is 24.3 Å². The van der Waals surface area contributed by atoms with Crippen molar-refractivity contribution in [3.05, 3.63) is 24.3 Å². The van der Waals surface area contributed by atoms with Crippen LogP contribution in [-0.4, -0.2) is 40.6 Å². The van der Waals surface area contributed by atoms with Gasteiger partial charge in [-0.15, -0.1) is 0 Å². The molecular formula is C19H24O6. The molecule has 0 aromatic carbocycles. The topological polar surface area (TPSA) is 89.9 Å². The summed E-state index contributed by atoms with van der Waals surface area (Å²) in [7, 11) is 0. The molecule has 2 unspecified atom stereocenters. The number of hydrogen-bond donors (Lipinski definition) is 1. The first-order chi connectivity index (χ1) is 11.6. The predicted octanol–water partition coefficient (Wildman–Crippen LogP) is 1.57. The summed E-state index contributed by atoms with van der Waals surface area (Å²) in [5.41, 5.74) is -1.05. The molecule has 0 aromatic rings. The molecule has 3 fully saturated rings. The van der Waals surface area contributed by atoms with Crippen LogP contribution in [-0.2, 0) is 23.9 Å². The van der Waals surface area contributed by atoms with Crippen LogP contribution in [0.5, 0.6) is 0 Å². The fourth-order valence-corrected chi connectivity index (χ4v) is 4.78. The van der Waals surface area contributed by atoms with E-state index < -0.39 is 41.6 Å². The Morgan fingerprint density at radius 1 is 1.36 bits per heavy atom. The fraction of sp³-hybridized carbons (Fsp3) is 0.632. The van der Waals surface area contributed by atoms with Crippen LogP contribution in [0.2, 0.25) is 0 Å². The number of carbonyl (C=O) groups is 3. The number of ketones is 1. The Bertz CT molecular complexity index is 679. The summed E-state index contributed by atoms with van der Waals surface area (Å²) in [5.74, 6) is -3.11. The summed E-state index contributed by atoms with van der Waals surface area (Å²) in [6, 6.07) is 0. The summed E-state index contributed by atoms with van der Waals surface area (Å²) in [6.45, 7) is 12.6. The number of esters is 2. The van der Waals surface area contributed by atoms with Crippen molar-refractivity contribution in [2.45, 2.75) is 51.4 Å². The first-order valence-corrected chi connectivity index (χ1v) is 8.60. The lowest BCUT2D eigenvalue weighted by Gasteiger charge is -2.38. The smallest absolute Gasteiger partial charge is 0.334 e. The maximum absolute atomic E-state index is 12.5. The highest BCUT2D eigenvalue weighted by molar-refractivity contribution is 5.93. The van der Waals surface area contributed by atoms with Crippen LogP contribution in [0.3, 0.4) is 0 Å². The Morgan fingerprint density at radius 3 is 2.60 bits per heavy atom. The van der Waals surface area contributed by atoms with Gasteiger partial charge >= 0.3 is 11.9 Å². The number of rotatable bonds is 2. The van der Waals surface area contributed by atoms with Gasteiger partial charge in [-0.25, -0.2) is 9.59 Å². The Labute approximate surface area is 146 Å². The molecular weight excluding hydrogens is 324 g/mol. The van der Waals surface area contributed by atoms with Gasteiger partial charge in [0.2, 0.25) is 0 Å². The normalized spacial score (nSPS) is 43.1. The molecule has 3 rings (SSSR count). The number of aliphatic hydroxyl groups is 1. The van der Waals surface area contributed by atoms with Gasteiger partial charge in [0.05, 0.1) is 11.8 Å². The van der Waals surface area contributed by atoms with Crippen molar-refractivity contribution >= 4 is 17.7 Å². The second-order valence-corrected chi connectivity index (χ2v) is 7.75. The Kier molecular flexibility index (Phi) is 4.14. The van der Waals surface area contributed by atoms with Crippen molar-refractivity contribution in [3.8, 4) is 0 Å². The van der Waals surface area contributed by atoms with Crippen molar-refractivity contribution in [3.63, 3.8) is 0 Å². The molecule has 0 aromatic heterocycles. The van der Waals surface area contributed by atoms with Gasteiger partial charge in [0.25, 0.3) is 0 Å². The minimum atomic E-state index is -1.47. The molecule has 0 spiro atoms. The van der Waals surface area contributed by atoms with Gasteiger partial charge in [-0.1, -0.05) is 27.0 Å². The maximum atomic E-state index is 12.5. The molecule has 0 amide bonds. The first-order valence-electron chi connectivity index (χ1n) is 8.60. The van der Waals surface area contributed by atoms with Crippen LogP contribution in [0.1, 0.15) is 33.6 Å². The number of ether oxygens (including phenoxy) is 2. The Morgan fingerprint density at radius 2 is 2.00 bits per heavy atom. The lowest BCUT2D eigenvalue weighted by molar-refractivity contribution is -0.172. The molecule has 0 bridgehead atoms. The third-order valence-corrected chi connectivity index (χ3v) is 6.00. The van der Waals surface area contributed by atoms with Gasteiger partial charge in [0.15, 0.2) is 0 Å². The highest BCUT2D eigenvalue weighted by atomic mass is 16.6. The third kappa shape index (κ3) is 2.46. The zero-order chi connectivity index (χ0) is 18.7. The van der Waals surface area contributed by atoms with Gasteiger partial charge in [-0.2, -0.15) is 0 Å². The van der Waals surface area contributed by atoms with E-state index in [0.29, 0.717) is 6.42 Å². The molecule has 1 N–H and O–H groups in total. The zero-order valence-electron chi connectivity index (χ0n) is 14.8. The average Bonchev–Trinajstić information content (AvgIpc) is 2.90. The van der Waals surface area contributed by atoms with Gasteiger partial charge < -0.3 is 14.6 Å². The Balaban J connectivity index is 2.07. The van der Waals surface area contributed by atoms with Crippen LogP contribution in [0.4, 0.5) is 0 Å². The van der Waals surface area contributed by atoms with E-state index in [-0.39, 0.29) is 35.2 Å². The van der Waals surface area contributed by atoms with Crippen LogP contribution in [0.25, 0.3) is 0 Å². The minimum absolute atomic E-state index is 0.0401. The maximum Gasteiger partial charge on any atom is 0.334 e. The van der Waals surface area contributed by atoms with E-state index in [1.807, 2.05) is 6.92 Å². The number of carbonyl (C=O) groups excluding carboxylic acids is 3. The summed E-state index contributed by atoms with van der Waals surface area (Å²) in [4.78, 5) is 36.7. The monoisotopic (exact) mass is 348 g/mol. The molecule has 1 aliphatic heterocycles. The van der Waals surface area contributed by atoms with Crippen molar-refractivity contribution in [2.24, 2.45) is 23.7 Å². The molecule has 3 aliphatic rings. The summed E-state index contributed by atoms with van der Waals surface area (Å²) < 4.78 is 11.0. The van der Waals surface area contributed by atoms with E-state index in [9.17, 15) is 19.5 Å². The van der Waals surface area contributed by atoms with Crippen molar-refractivity contribution in [1.82, 2.24) is 0 Å². The molecule has 2 aliphatic carbocycles. The van der Waals surface area contributed by atoms with Gasteiger partial charge in [-0.3, -0.25) is 4.79 Å². The zero-order valence-corrected chi connectivity index (χ0v) is 14.8. The molecule has 2 saturated carbocycles. The fourth-order valence-electron chi connectivity index (χ4n) is 4.78. The molecule has 7 atom stereocenters. The molecule has 1 heterocycles. The predicted molar refractivity (Wildman–Crippen MR) is 88.2 cm³/mol. The lowest BCUT2D eigenvalue weighted by atomic mass is 9.73. The lowest BCUT2D eigenvalue weighted by Crippen LogP contribution is -2.54. The SMILES string of the molecule is C=C(C)C(=O)O[C@H]1CC(C)C2C(=O)C[C@@H](C)[C@]2(O)[C@H]2OC(=O)C(=C)[C@H]12. The molecule has 1 saturated heterocycles. The molecule has 6 heteroatoms. The largest absolute Gasteiger partial charge is 0.458 e. The summed E-state index contributed by atoms with van der Waals surface area (Å²) in [6.07, 6.45) is -1.04. The van der Waals surface area contributed by atoms with E-state index in [1.165, 1.54) is 0 Å². The van der Waals surface area contributed by atoms with Crippen LogP contribution >= 0.6 is 0 Å². The number of fused-ring (bicyclic) bond motifs is 3. The van der Waals surface area contributed by atoms with Crippen LogP contribution in [0, 0.1) is 23.7 Å². The highest BCUT2D eigenvalue weighted by Crippen LogP contribution is 2.54. The standard InChI is InChI=1S/C19H24O6/c1-8(2)17(21)24-13-6-9(3)15-12(20)7-10(4)19(15,23)16-14(13)11(5)18(22)25-16/h9-10,13-16,23H,1,5-7H2,2-4H3/t9?,10-,13+,14-,15?,16+,19-/m1/s1. The van der Waals surface area contributed by atoms with Gasteiger partial charge in [0.1, 0.15) is 23.6 Å². The van der Waals surface area contributed by atoms with E-state index in [2.05, 4.69) is 13.2 Å². The molecule has 0 radical (unpaired) electrons. The second kappa shape index (κ2) is 5.80.